The lowest BCUT2D eigenvalue weighted by Gasteiger charge is -2.29. The van der Waals surface area contributed by atoms with Crippen molar-refractivity contribution in [3.63, 3.8) is 0 Å². The highest BCUT2D eigenvalue weighted by atomic mass is 16.1. The summed E-state index contributed by atoms with van der Waals surface area (Å²) in [5, 5.41) is 0. The third kappa shape index (κ3) is 2.49. The molecule has 0 aromatic carbocycles. The molecule has 0 radical (unpaired) electrons. The summed E-state index contributed by atoms with van der Waals surface area (Å²) in [6.07, 6.45) is 4.23. The van der Waals surface area contributed by atoms with Crippen LogP contribution in [0, 0.1) is 11.8 Å². The number of rotatable bonds is 3. The summed E-state index contributed by atoms with van der Waals surface area (Å²) in [6.45, 7) is 3.00. The van der Waals surface area contributed by atoms with Gasteiger partial charge in [0.05, 0.1) is 0 Å². The normalized spacial score (nSPS) is 36.5. The van der Waals surface area contributed by atoms with E-state index in [4.69, 9.17) is 11.5 Å². The van der Waals surface area contributed by atoms with Gasteiger partial charge in [0.25, 0.3) is 0 Å². The molecule has 15 heavy (non-hydrogen) atoms. The summed E-state index contributed by atoms with van der Waals surface area (Å²) in [6, 6.07) is 0.377. The summed E-state index contributed by atoms with van der Waals surface area (Å²) >= 11 is 0. The van der Waals surface area contributed by atoms with E-state index in [0.29, 0.717) is 18.4 Å². The van der Waals surface area contributed by atoms with Crippen molar-refractivity contribution in [2.24, 2.45) is 23.3 Å². The van der Waals surface area contributed by atoms with Crippen molar-refractivity contribution >= 4 is 5.91 Å². The molecule has 3 unspecified atom stereocenters. The van der Waals surface area contributed by atoms with Gasteiger partial charge >= 0.3 is 0 Å². The zero-order chi connectivity index (χ0) is 10.8. The minimum atomic E-state index is -0.200. The summed E-state index contributed by atoms with van der Waals surface area (Å²) in [4.78, 5) is 13.1. The Hall–Kier alpha value is -0.610. The highest BCUT2D eigenvalue weighted by Gasteiger charge is 2.38. The van der Waals surface area contributed by atoms with Gasteiger partial charge in [-0.2, -0.15) is 0 Å². The molecule has 2 fully saturated rings. The minimum Gasteiger partial charge on any atom is -0.370 e. The SMILES string of the molecule is NC(=O)CCN1CC2CCCC(N)C2C1. The van der Waals surface area contributed by atoms with E-state index >= 15 is 0 Å². The van der Waals surface area contributed by atoms with Crippen molar-refractivity contribution in [3.05, 3.63) is 0 Å². The zero-order valence-corrected chi connectivity index (χ0v) is 9.19. The molecule has 1 heterocycles. The molecule has 2 rings (SSSR count). The second-order valence-corrected chi connectivity index (χ2v) is 4.99. The van der Waals surface area contributed by atoms with Crippen LogP contribution < -0.4 is 11.5 Å². The number of fused-ring (bicyclic) bond motifs is 1. The van der Waals surface area contributed by atoms with Crippen molar-refractivity contribution < 1.29 is 4.79 Å². The van der Waals surface area contributed by atoms with E-state index in [-0.39, 0.29) is 5.91 Å². The predicted octanol–water partition coefficient (Wildman–Crippen LogP) is -0.0790. The molecule has 4 nitrogen and oxygen atoms in total. The van der Waals surface area contributed by atoms with Gasteiger partial charge in [-0.25, -0.2) is 0 Å². The standard InChI is InChI=1S/C11H21N3O/c12-10-3-1-2-8-6-14(7-9(8)10)5-4-11(13)15/h8-10H,1-7,12H2,(H2,13,15). The van der Waals surface area contributed by atoms with Gasteiger partial charge in [0.15, 0.2) is 0 Å². The Morgan fingerprint density at radius 1 is 1.33 bits per heavy atom. The molecule has 4 N–H and O–H groups in total. The number of amides is 1. The number of carbonyl (C=O) groups is 1. The van der Waals surface area contributed by atoms with E-state index in [9.17, 15) is 4.79 Å². The van der Waals surface area contributed by atoms with Gasteiger partial charge in [0.2, 0.25) is 5.91 Å². The molecule has 0 aromatic rings. The second-order valence-electron chi connectivity index (χ2n) is 4.99. The minimum absolute atomic E-state index is 0.200. The predicted molar refractivity (Wildman–Crippen MR) is 59.1 cm³/mol. The second kappa shape index (κ2) is 4.49. The molecule has 1 saturated carbocycles. The van der Waals surface area contributed by atoms with Crippen molar-refractivity contribution in [1.29, 1.82) is 0 Å². The molecule has 1 aliphatic carbocycles. The molecule has 2 aliphatic rings. The van der Waals surface area contributed by atoms with Crippen molar-refractivity contribution in [3.8, 4) is 0 Å². The first-order valence-corrected chi connectivity index (χ1v) is 5.93. The molecule has 86 valence electrons. The lowest BCUT2D eigenvalue weighted by Crippen LogP contribution is -2.38. The van der Waals surface area contributed by atoms with Crippen LogP contribution in [-0.2, 0) is 4.79 Å². The van der Waals surface area contributed by atoms with Gasteiger partial charge in [0, 0.05) is 32.1 Å². The number of carbonyl (C=O) groups excluding carboxylic acids is 1. The van der Waals surface area contributed by atoms with E-state index in [1.54, 1.807) is 0 Å². The van der Waals surface area contributed by atoms with E-state index in [2.05, 4.69) is 4.90 Å². The molecule has 3 atom stereocenters. The lowest BCUT2D eigenvalue weighted by atomic mass is 9.78. The monoisotopic (exact) mass is 211 g/mol. The number of hydrogen-bond acceptors (Lipinski definition) is 3. The Balaban J connectivity index is 1.84. The average molecular weight is 211 g/mol. The van der Waals surface area contributed by atoms with Crippen molar-refractivity contribution in [2.75, 3.05) is 19.6 Å². The third-order valence-electron chi connectivity index (χ3n) is 3.90. The zero-order valence-electron chi connectivity index (χ0n) is 9.19. The number of nitrogens with zero attached hydrogens (tertiary/aromatic N) is 1. The van der Waals surface area contributed by atoms with Crippen LogP contribution in [0.1, 0.15) is 25.7 Å². The molecular formula is C11H21N3O. The van der Waals surface area contributed by atoms with Gasteiger partial charge in [-0.3, -0.25) is 4.79 Å². The summed E-state index contributed by atoms with van der Waals surface area (Å²) < 4.78 is 0. The first kappa shape index (κ1) is 10.9. The molecule has 1 amide bonds. The fourth-order valence-electron chi connectivity index (χ4n) is 3.06. The lowest BCUT2D eigenvalue weighted by molar-refractivity contribution is -0.118. The number of hydrogen-bond donors (Lipinski definition) is 2. The van der Waals surface area contributed by atoms with Crippen LogP contribution >= 0.6 is 0 Å². The van der Waals surface area contributed by atoms with Crippen LogP contribution in [0.3, 0.4) is 0 Å². The quantitative estimate of drug-likeness (QED) is 0.686. The fraction of sp³-hybridized carbons (Fsp3) is 0.909. The Kier molecular flexibility index (Phi) is 3.26. The van der Waals surface area contributed by atoms with Gasteiger partial charge in [-0.1, -0.05) is 6.42 Å². The molecule has 0 aromatic heterocycles. The van der Waals surface area contributed by atoms with E-state index in [0.717, 1.165) is 25.6 Å². The molecule has 1 saturated heterocycles. The van der Waals surface area contributed by atoms with Crippen LogP contribution in [0.5, 0.6) is 0 Å². The summed E-state index contributed by atoms with van der Waals surface area (Å²) in [5.74, 6) is 1.22. The first-order valence-electron chi connectivity index (χ1n) is 5.93. The number of nitrogens with two attached hydrogens (primary N) is 2. The average Bonchev–Trinajstić information content (AvgIpc) is 2.59. The number of primary amides is 1. The van der Waals surface area contributed by atoms with E-state index in [1.165, 1.54) is 19.3 Å². The maximum atomic E-state index is 10.7. The summed E-state index contributed by atoms with van der Waals surface area (Å²) in [5.41, 5.74) is 11.3. The van der Waals surface area contributed by atoms with Crippen LogP contribution in [0.4, 0.5) is 0 Å². The molecule has 1 aliphatic heterocycles. The largest absolute Gasteiger partial charge is 0.370 e. The van der Waals surface area contributed by atoms with E-state index in [1.807, 2.05) is 0 Å². The van der Waals surface area contributed by atoms with Crippen LogP contribution in [0.15, 0.2) is 0 Å². The summed E-state index contributed by atoms with van der Waals surface area (Å²) in [7, 11) is 0. The maximum Gasteiger partial charge on any atom is 0.218 e. The Morgan fingerprint density at radius 3 is 2.80 bits per heavy atom. The highest BCUT2D eigenvalue weighted by Crippen LogP contribution is 2.35. The molecule has 0 spiro atoms. The number of likely N-dealkylation sites (tertiary alicyclic amines) is 1. The maximum absolute atomic E-state index is 10.7. The van der Waals surface area contributed by atoms with Crippen LogP contribution in [0.25, 0.3) is 0 Å². The van der Waals surface area contributed by atoms with Gasteiger partial charge in [0.1, 0.15) is 0 Å². The smallest absolute Gasteiger partial charge is 0.218 e. The van der Waals surface area contributed by atoms with Gasteiger partial charge in [-0.15, -0.1) is 0 Å². The van der Waals surface area contributed by atoms with E-state index < -0.39 is 0 Å². The topological polar surface area (TPSA) is 72.4 Å². The third-order valence-corrected chi connectivity index (χ3v) is 3.90. The van der Waals surface area contributed by atoms with Crippen molar-refractivity contribution in [2.45, 2.75) is 31.7 Å². The molecule has 4 heteroatoms. The van der Waals surface area contributed by atoms with Crippen LogP contribution in [-0.4, -0.2) is 36.5 Å². The van der Waals surface area contributed by atoms with Crippen LogP contribution in [0.2, 0.25) is 0 Å². The Bertz CT molecular complexity index is 244. The van der Waals surface area contributed by atoms with Gasteiger partial charge < -0.3 is 16.4 Å². The molecular weight excluding hydrogens is 190 g/mol. The first-order chi connectivity index (χ1) is 7.16. The van der Waals surface area contributed by atoms with Crippen molar-refractivity contribution in [1.82, 2.24) is 4.90 Å². The Labute approximate surface area is 91.0 Å². The Morgan fingerprint density at radius 2 is 2.13 bits per heavy atom. The highest BCUT2D eigenvalue weighted by molar-refractivity contribution is 5.73. The van der Waals surface area contributed by atoms with Gasteiger partial charge in [-0.05, 0) is 24.7 Å². The fourth-order valence-corrected chi connectivity index (χ4v) is 3.06. The molecule has 0 bridgehead atoms.